The molecule has 1 N–H and O–H groups in total. The summed E-state index contributed by atoms with van der Waals surface area (Å²) in [6.07, 6.45) is 2.47. The van der Waals surface area contributed by atoms with E-state index in [-0.39, 0.29) is 11.6 Å². The van der Waals surface area contributed by atoms with E-state index < -0.39 is 5.97 Å². The maximum absolute atomic E-state index is 11.2. The number of nitrogens with one attached hydrogen (secondary N) is 1. The lowest BCUT2D eigenvalue weighted by Gasteiger charge is -2.12. The maximum atomic E-state index is 11.2. The van der Waals surface area contributed by atoms with E-state index in [1.807, 2.05) is 20.8 Å². The van der Waals surface area contributed by atoms with Gasteiger partial charge in [0.15, 0.2) is 0 Å². The summed E-state index contributed by atoms with van der Waals surface area (Å²) < 4.78 is 4.87. The average molecular weight is 185 g/mol. The first kappa shape index (κ1) is 12.1. The van der Waals surface area contributed by atoms with Crippen molar-refractivity contribution in [2.45, 2.75) is 40.0 Å². The molecule has 0 heterocycles. The predicted octanol–water partition coefficient (Wildman–Crippen LogP) is 2.40. The van der Waals surface area contributed by atoms with Crippen molar-refractivity contribution in [2.75, 3.05) is 6.61 Å². The van der Waals surface area contributed by atoms with E-state index in [1.165, 1.54) is 0 Å². The summed E-state index contributed by atoms with van der Waals surface area (Å²) in [7, 11) is 0. The largest absolute Gasteiger partial charge is 0.461 e. The molecule has 0 aliphatic rings. The van der Waals surface area contributed by atoms with Crippen molar-refractivity contribution in [3.8, 4) is 0 Å². The molecular formula is C10H19NO2. The Hall–Kier alpha value is -0.860. The van der Waals surface area contributed by atoms with Gasteiger partial charge in [-0.1, -0.05) is 20.8 Å². The Morgan fingerprint density at radius 1 is 1.31 bits per heavy atom. The Bertz CT molecular complexity index is 174. The van der Waals surface area contributed by atoms with Gasteiger partial charge in [-0.2, -0.15) is 0 Å². The van der Waals surface area contributed by atoms with E-state index in [0.717, 1.165) is 19.3 Å². The molecule has 0 fully saturated rings. The Morgan fingerprint density at radius 2 is 1.85 bits per heavy atom. The molecule has 0 aliphatic heterocycles. The first-order valence-corrected chi connectivity index (χ1v) is 4.92. The predicted molar refractivity (Wildman–Crippen MR) is 53.0 cm³/mol. The highest BCUT2D eigenvalue weighted by Gasteiger charge is 2.18. The summed E-state index contributed by atoms with van der Waals surface area (Å²) in [6, 6.07) is 0. The van der Waals surface area contributed by atoms with Crippen LogP contribution in [0.4, 0.5) is 0 Å². The van der Waals surface area contributed by atoms with Crippen LogP contribution in [0.1, 0.15) is 40.0 Å². The minimum atomic E-state index is -0.449. The molecule has 0 saturated carbocycles. The fourth-order valence-corrected chi connectivity index (χ4v) is 1.14. The van der Waals surface area contributed by atoms with Crippen LogP contribution >= 0.6 is 0 Å². The van der Waals surface area contributed by atoms with Crippen molar-refractivity contribution in [3.05, 3.63) is 0 Å². The molecule has 13 heavy (non-hydrogen) atoms. The van der Waals surface area contributed by atoms with Crippen LogP contribution in [0.2, 0.25) is 0 Å². The van der Waals surface area contributed by atoms with Crippen LogP contribution in [0.3, 0.4) is 0 Å². The van der Waals surface area contributed by atoms with Gasteiger partial charge in [-0.25, -0.2) is 4.79 Å². The van der Waals surface area contributed by atoms with Crippen molar-refractivity contribution in [1.82, 2.24) is 0 Å². The maximum Gasteiger partial charge on any atom is 0.352 e. The van der Waals surface area contributed by atoms with Gasteiger partial charge < -0.3 is 4.74 Å². The molecule has 0 aromatic heterocycles. The lowest BCUT2D eigenvalue weighted by atomic mass is 9.98. The molecule has 0 saturated heterocycles. The highest BCUT2D eigenvalue weighted by molar-refractivity contribution is 6.35. The van der Waals surface area contributed by atoms with Crippen molar-refractivity contribution >= 4 is 11.7 Å². The molecule has 0 aromatic carbocycles. The van der Waals surface area contributed by atoms with Crippen molar-refractivity contribution in [2.24, 2.45) is 5.92 Å². The third-order valence-electron chi connectivity index (χ3n) is 2.05. The lowest BCUT2D eigenvalue weighted by molar-refractivity contribution is -0.136. The summed E-state index contributed by atoms with van der Waals surface area (Å²) in [5, 5.41) is 7.56. The minimum absolute atomic E-state index is 0.0596. The van der Waals surface area contributed by atoms with Crippen LogP contribution in [0.25, 0.3) is 0 Å². The number of esters is 1. The van der Waals surface area contributed by atoms with Gasteiger partial charge >= 0.3 is 5.97 Å². The van der Waals surface area contributed by atoms with Crippen LogP contribution in [0.15, 0.2) is 0 Å². The van der Waals surface area contributed by atoms with E-state index in [2.05, 4.69) is 0 Å². The lowest BCUT2D eigenvalue weighted by Crippen LogP contribution is -2.24. The minimum Gasteiger partial charge on any atom is -0.461 e. The van der Waals surface area contributed by atoms with Gasteiger partial charge in [-0.05, 0) is 19.3 Å². The number of ether oxygens (including phenoxy) is 1. The Morgan fingerprint density at radius 3 is 2.23 bits per heavy atom. The molecule has 0 rings (SSSR count). The third-order valence-corrected chi connectivity index (χ3v) is 2.05. The SMILES string of the molecule is CCCOC(=O)C(=N)C(CC)CC. The molecule has 0 aliphatic carbocycles. The van der Waals surface area contributed by atoms with Gasteiger partial charge in [0.05, 0.1) is 6.61 Å². The van der Waals surface area contributed by atoms with Gasteiger partial charge in [-0.15, -0.1) is 0 Å². The Labute approximate surface area is 80.0 Å². The molecule has 0 radical (unpaired) electrons. The number of rotatable bonds is 6. The van der Waals surface area contributed by atoms with Gasteiger partial charge in [0.25, 0.3) is 0 Å². The van der Waals surface area contributed by atoms with Crippen LogP contribution in [-0.4, -0.2) is 18.3 Å². The number of hydrogen-bond donors (Lipinski definition) is 1. The first-order valence-electron chi connectivity index (χ1n) is 4.92. The van der Waals surface area contributed by atoms with Gasteiger partial charge in [-0.3, -0.25) is 5.41 Å². The molecule has 76 valence electrons. The van der Waals surface area contributed by atoms with Crippen molar-refractivity contribution < 1.29 is 9.53 Å². The highest BCUT2D eigenvalue weighted by Crippen LogP contribution is 2.09. The zero-order valence-corrected chi connectivity index (χ0v) is 8.72. The van der Waals surface area contributed by atoms with E-state index in [0.29, 0.717) is 6.61 Å². The highest BCUT2D eigenvalue weighted by atomic mass is 16.5. The smallest absolute Gasteiger partial charge is 0.352 e. The number of hydrogen-bond acceptors (Lipinski definition) is 3. The second-order valence-electron chi connectivity index (χ2n) is 3.06. The number of carbonyl (C=O) groups excluding carboxylic acids is 1. The Kier molecular flexibility index (Phi) is 6.20. The van der Waals surface area contributed by atoms with E-state index >= 15 is 0 Å². The second kappa shape index (κ2) is 6.63. The van der Waals surface area contributed by atoms with E-state index in [9.17, 15) is 4.79 Å². The second-order valence-corrected chi connectivity index (χ2v) is 3.06. The fourth-order valence-electron chi connectivity index (χ4n) is 1.14. The standard InChI is InChI=1S/C10H19NO2/c1-4-7-13-10(12)9(11)8(5-2)6-3/h8,11H,4-7H2,1-3H3. The summed E-state index contributed by atoms with van der Waals surface area (Å²) in [4.78, 5) is 11.2. The summed E-state index contributed by atoms with van der Waals surface area (Å²) in [5.41, 5.74) is 0.124. The molecular weight excluding hydrogens is 166 g/mol. The molecule has 0 spiro atoms. The monoisotopic (exact) mass is 185 g/mol. The normalized spacial score (nSPS) is 10.2. The zero-order chi connectivity index (χ0) is 10.3. The van der Waals surface area contributed by atoms with Crippen LogP contribution in [-0.2, 0) is 9.53 Å². The molecule has 0 atom stereocenters. The van der Waals surface area contributed by atoms with Crippen LogP contribution in [0.5, 0.6) is 0 Å². The first-order chi connectivity index (χ1) is 6.17. The van der Waals surface area contributed by atoms with Gasteiger partial charge in [0.2, 0.25) is 0 Å². The van der Waals surface area contributed by atoms with Gasteiger partial charge in [0.1, 0.15) is 5.71 Å². The number of carbonyl (C=O) groups is 1. The molecule has 0 aromatic rings. The van der Waals surface area contributed by atoms with Crippen LogP contribution in [0, 0.1) is 11.3 Å². The van der Waals surface area contributed by atoms with Gasteiger partial charge in [0, 0.05) is 5.92 Å². The average Bonchev–Trinajstić information content (AvgIpc) is 2.15. The summed E-state index contributed by atoms with van der Waals surface area (Å²) in [5.74, 6) is -0.389. The quantitative estimate of drug-likeness (QED) is 0.510. The topological polar surface area (TPSA) is 50.2 Å². The van der Waals surface area contributed by atoms with Crippen molar-refractivity contribution in [3.63, 3.8) is 0 Å². The molecule has 3 nitrogen and oxygen atoms in total. The van der Waals surface area contributed by atoms with E-state index in [4.69, 9.17) is 10.1 Å². The zero-order valence-electron chi connectivity index (χ0n) is 8.72. The molecule has 3 heteroatoms. The molecule has 0 unspecified atom stereocenters. The third kappa shape index (κ3) is 4.06. The van der Waals surface area contributed by atoms with Crippen molar-refractivity contribution in [1.29, 1.82) is 5.41 Å². The molecule has 0 bridgehead atoms. The summed E-state index contributed by atoms with van der Waals surface area (Å²) >= 11 is 0. The Balaban J connectivity index is 4.00. The summed E-state index contributed by atoms with van der Waals surface area (Å²) in [6.45, 7) is 6.32. The van der Waals surface area contributed by atoms with E-state index in [1.54, 1.807) is 0 Å². The molecule has 0 amide bonds. The fraction of sp³-hybridized carbons (Fsp3) is 0.800. The van der Waals surface area contributed by atoms with Crippen LogP contribution < -0.4 is 0 Å².